The highest BCUT2D eigenvalue weighted by Gasteiger charge is 2.11. The zero-order chi connectivity index (χ0) is 14.9. The fourth-order valence-corrected chi connectivity index (χ4v) is 2.12. The van der Waals surface area contributed by atoms with Crippen LogP contribution in [0.25, 0.3) is 0 Å². The molecule has 3 N–H and O–H groups in total. The number of carbonyl (C=O) groups excluding carboxylic acids is 1. The van der Waals surface area contributed by atoms with Gasteiger partial charge in [-0.1, -0.05) is 0 Å². The normalized spacial score (nSPS) is 10.3. The summed E-state index contributed by atoms with van der Waals surface area (Å²) in [5.74, 6) is -0.0193. The summed E-state index contributed by atoms with van der Waals surface area (Å²) in [4.78, 5) is 12.1. The SMILES string of the molecule is Cc1cc(NC(=O)c2ccc(I)c(O)c2)c(C)cc1O. The lowest BCUT2D eigenvalue weighted by Gasteiger charge is -2.11. The molecule has 0 saturated carbocycles. The second-order valence-corrected chi connectivity index (χ2v) is 5.74. The summed E-state index contributed by atoms with van der Waals surface area (Å²) < 4.78 is 0.691. The van der Waals surface area contributed by atoms with E-state index in [2.05, 4.69) is 5.32 Å². The predicted molar refractivity (Wildman–Crippen MR) is 86.4 cm³/mol. The Morgan fingerprint density at radius 2 is 1.75 bits per heavy atom. The maximum absolute atomic E-state index is 12.1. The van der Waals surface area contributed by atoms with Crippen LogP contribution in [0.1, 0.15) is 21.5 Å². The number of benzene rings is 2. The largest absolute Gasteiger partial charge is 0.508 e. The number of nitrogens with one attached hydrogen (secondary N) is 1. The molecule has 0 aliphatic rings. The lowest BCUT2D eigenvalue weighted by molar-refractivity contribution is 0.102. The van der Waals surface area contributed by atoms with Gasteiger partial charge in [-0.2, -0.15) is 0 Å². The Morgan fingerprint density at radius 1 is 1.05 bits per heavy atom. The molecule has 0 aromatic heterocycles. The number of anilines is 1. The van der Waals surface area contributed by atoms with E-state index < -0.39 is 0 Å². The maximum Gasteiger partial charge on any atom is 0.255 e. The molecular formula is C15H14INO3. The summed E-state index contributed by atoms with van der Waals surface area (Å²) in [7, 11) is 0. The van der Waals surface area contributed by atoms with Gasteiger partial charge in [-0.15, -0.1) is 0 Å². The first-order chi connectivity index (χ1) is 9.38. The van der Waals surface area contributed by atoms with E-state index in [1.54, 1.807) is 38.1 Å². The van der Waals surface area contributed by atoms with Crippen LogP contribution in [0.2, 0.25) is 0 Å². The van der Waals surface area contributed by atoms with E-state index in [9.17, 15) is 15.0 Å². The van der Waals surface area contributed by atoms with Gasteiger partial charge in [0, 0.05) is 11.3 Å². The average Bonchev–Trinajstić information content (AvgIpc) is 2.39. The molecule has 0 bridgehead atoms. The number of hydrogen-bond donors (Lipinski definition) is 3. The van der Waals surface area contributed by atoms with Gasteiger partial charge in [0.25, 0.3) is 5.91 Å². The van der Waals surface area contributed by atoms with Crippen LogP contribution in [0.15, 0.2) is 30.3 Å². The van der Waals surface area contributed by atoms with Gasteiger partial charge in [0.15, 0.2) is 0 Å². The molecule has 0 fully saturated rings. The number of amides is 1. The van der Waals surface area contributed by atoms with Crippen molar-refractivity contribution in [1.29, 1.82) is 0 Å². The molecule has 0 heterocycles. The lowest BCUT2D eigenvalue weighted by Crippen LogP contribution is -2.13. The first-order valence-corrected chi connectivity index (χ1v) is 7.06. The summed E-state index contributed by atoms with van der Waals surface area (Å²) in [5.41, 5.74) is 2.49. The van der Waals surface area contributed by atoms with Gasteiger partial charge in [-0.25, -0.2) is 0 Å². The van der Waals surface area contributed by atoms with Gasteiger partial charge >= 0.3 is 0 Å². The molecule has 0 unspecified atom stereocenters. The number of aryl methyl sites for hydroxylation is 2. The molecule has 0 spiro atoms. The minimum Gasteiger partial charge on any atom is -0.508 e. The van der Waals surface area contributed by atoms with Crippen molar-refractivity contribution < 1.29 is 15.0 Å². The smallest absolute Gasteiger partial charge is 0.255 e. The fraction of sp³-hybridized carbons (Fsp3) is 0.133. The van der Waals surface area contributed by atoms with Crippen LogP contribution in [-0.4, -0.2) is 16.1 Å². The van der Waals surface area contributed by atoms with Crippen LogP contribution in [0, 0.1) is 17.4 Å². The molecule has 2 aromatic carbocycles. The van der Waals surface area contributed by atoms with Crippen molar-refractivity contribution in [2.45, 2.75) is 13.8 Å². The van der Waals surface area contributed by atoms with E-state index in [1.807, 2.05) is 22.6 Å². The molecule has 1 amide bonds. The van der Waals surface area contributed by atoms with Crippen LogP contribution in [0.4, 0.5) is 5.69 Å². The van der Waals surface area contributed by atoms with Gasteiger partial charge < -0.3 is 15.5 Å². The standard InChI is InChI=1S/C15H14INO3/c1-8-6-13(18)9(2)5-12(8)17-15(20)10-3-4-11(16)14(19)7-10/h3-7,18-19H,1-2H3,(H,17,20). The number of halogens is 1. The van der Waals surface area contributed by atoms with Crippen molar-refractivity contribution in [1.82, 2.24) is 0 Å². The minimum absolute atomic E-state index is 0.0804. The fourth-order valence-electron chi connectivity index (χ4n) is 1.78. The van der Waals surface area contributed by atoms with Crippen LogP contribution in [-0.2, 0) is 0 Å². The molecule has 20 heavy (non-hydrogen) atoms. The second kappa shape index (κ2) is 5.70. The van der Waals surface area contributed by atoms with Crippen LogP contribution in [0.5, 0.6) is 11.5 Å². The predicted octanol–water partition coefficient (Wildman–Crippen LogP) is 3.57. The molecule has 0 radical (unpaired) electrons. The third-order valence-electron chi connectivity index (χ3n) is 3.00. The van der Waals surface area contributed by atoms with E-state index in [0.717, 1.165) is 5.56 Å². The number of phenols is 2. The van der Waals surface area contributed by atoms with Gasteiger partial charge in [-0.05, 0) is 77.9 Å². The minimum atomic E-state index is -0.301. The van der Waals surface area contributed by atoms with E-state index in [1.165, 1.54) is 6.07 Å². The Morgan fingerprint density at radius 3 is 2.40 bits per heavy atom. The molecule has 0 atom stereocenters. The number of aromatic hydroxyl groups is 2. The van der Waals surface area contributed by atoms with Gasteiger partial charge in [-0.3, -0.25) is 4.79 Å². The van der Waals surface area contributed by atoms with Crippen LogP contribution < -0.4 is 5.32 Å². The van der Waals surface area contributed by atoms with Crippen molar-refractivity contribution in [2.24, 2.45) is 0 Å². The molecule has 104 valence electrons. The Labute approximate surface area is 130 Å². The maximum atomic E-state index is 12.1. The summed E-state index contributed by atoms with van der Waals surface area (Å²) >= 11 is 1.99. The average molecular weight is 383 g/mol. The third kappa shape index (κ3) is 3.04. The second-order valence-electron chi connectivity index (χ2n) is 4.57. The lowest BCUT2D eigenvalue weighted by atomic mass is 10.1. The van der Waals surface area contributed by atoms with Crippen molar-refractivity contribution in [3.8, 4) is 11.5 Å². The van der Waals surface area contributed by atoms with E-state index >= 15 is 0 Å². The molecule has 0 aliphatic heterocycles. The van der Waals surface area contributed by atoms with Gasteiger partial charge in [0.1, 0.15) is 11.5 Å². The molecule has 0 aliphatic carbocycles. The van der Waals surface area contributed by atoms with Crippen LogP contribution in [0.3, 0.4) is 0 Å². The zero-order valence-corrected chi connectivity index (χ0v) is 13.2. The first kappa shape index (κ1) is 14.6. The van der Waals surface area contributed by atoms with Crippen molar-refractivity contribution in [3.63, 3.8) is 0 Å². The number of rotatable bonds is 2. The molecule has 4 nitrogen and oxygen atoms in total. The van der Waals surface area contributed by atoms with Crippen molar-refractivity contribution in [3.05, 3.63) is 50.6 Å². The Balaban J connectivity index is 2.27. The molecular weight excluding hydrogens is 369 g/mol. The number of phenolic OH excluding ortho intramolecular Hbond substituents is 2. The summed E-state index contributed by atoms with van der Waals surface area (Å²) in [6.07, 6.45) is 0. The molecule has 5 heteroatoms. The highest BCUT2D eigenvalue weighted by molar-refractivity contribution is 14.1. The molecule has 2 rings (SSSR count). The summed E-state index contributed by atoms with van der Waals surface area (Å²) in [6, 6.07) is 8.09. The Hall–Kier alpha value is -1.76. The number of carbonyl (C=O) groups is 1. The Kier molecular flexibility index (Phi) is 4.17. The Bertz CT molecular complexity index is 683. The monoisotopic (exact) mass is 383 g/mol. The molecule has 0 saturated heterocycles. The first-order valence-electron chi connectivity index (χ1n) is 5.98. The molecule has 2 aromatic rings. The highest BCUT2D eigenvalue weighted by atomic mass is 127. The van der Waals surface area contributed by atoms with Gasteiger partial charge in [0.2, 0.25) is 0 Å². The van der Waals surface area contributed by atoms with E-state index in [-0.39, 0.29) is 17.4 Å². The van der Waals surface area contributed by atoms with E-state index in [0.29, 0.717) is 20.4 Å². The zero-order valence-electron chi connectivity index (χ0n) is 11.1. The topological polar surface area (TPSA) is 69.6 Å². The third-order valence-corrected chi connectivity index (χ3v) is 3.91. The number of hydrogen-bond acceptors (Lipinski definition) is 3. The van der Waals surface area contributed by atoms with Gasteiger partial charge in [0.05, 0.1) is 3.57 Å². The highest BCUT2D eigenvalue weighted by Crippen LogP contribution is 2.26. The summed E-state index contributed by atoms with van der Waals surface area (Å²) in [6.45, 7) is 3.57. The quantitative estimate of drug-likeness (QED) is 0.549. The summed E-state index contributed by atoms with van der Waals surface area (Å²) in [5, 5.41) is 22.0. The van der Waals surface area contributed by atoms with Crippen molar-refractivity contribution in [2.75, 3.05) is 5.32 Å². The van der Waals surface area contributed by atoms with Crippen molar-refractivity contribution >= 4 is 34.2 Å². The van der Waals surface area contributed by atoms with E-state index in [4.69, 9.17) is 0 Å². The van der Waals surface area contributed by atoms with Crippen LogP contribution >= 0.6 is 22.6 Å².